The largest absolute Gasteiger partial charge is 0.326 e. The molecule has 1 fully saturated rings. The van der Waals surface area contributed by atoms with E-state index in [4.69, 9.17) is 5.14 Å². The second kappa shape index (κ2) is 8.69. The van der Waals surface area contributed by atoms with Gasteiger partial charge in [-0.1, -0.05) is 22.0 Å². The number of halogens is 2. The topological polar surface area (TPSA) is 92.5 Å². The van der Waals surface area contributed by atoms with E-state index >= 15 is 0 Å². The van der Waals surface area contributed by atoms with E-state index in [0.29, 0.717) is 48.2 Å². The van der Waals surface area contributed by atoms with E-state index in [2.05, 4.69) is 26.1 Å². The lowest BCUT2D eigenvalue weighted by atomic mass is 9.95. The number of nitrogens with one attached hydrogen (secondary N) is 1. The summed E-state index contributed by atoms with van der Waals surface area (Å²) in [6.07, 6.45) is 1.36. The fourth-order valence-electron chi connectivity index (χ4n) is 3.22. The normalized spacial score (nSPS) is 16.1. The number of nitrogens with two attached hydrogens (primary N) is 1. The fraction of sp³-hybridized carbons (Fsp3) is 0.316. The summed E-state index contributed by atoms with van der Waals surface area (Å²) in [7, 11) is -3.75. The molecule has 2 aromatic rings. The smallest absolute Gasteiger partial charge is 0.238 e. The van der Waals surface area contributed by atoms with E-state index < -0.39 is 10.0 Å². The molecule has 1 amide bonds. The van der Waals surface area contributed by atoms with Crippen LogP contribution < -0.4 is 10.5 Å². The standard InChI is InChI=1S/C19H21BrFN3O3S/c20-15-2-1-14(18(21)11-15)12-24-9-7-13(8-10-24)19(25)23-16-3-5-17(6-4-16)28(22,26)27/h1-6,11,13H,7-10,12H2,(H,23,25)(H2,22,26,27). The van der Waals surface area contributed by atoms with E-state index in [-0.39, 0.29) is 22.5 Å². The molecular weight excluding hydrogens is 449 g/mol. The van der Waals surface area contributed by atoms with Crippen LogP contribution in [0.2, 0.25) is 0 Å². The van der Waals surface area contributed by atoms with Crippen LogP contribution in [0.4, 0.5) is 10.1 Å². The molecule has 3 N–H and O–H groups in total. The van der Waals surface area contributed by atoms with Gasteiger partial charge in [0.05, 0.1) is 4.90 Å². The number of hydrogen-bond donors (Lipinski definition) is 2. The van der Waals surface area contributed by atoms with Crippen molar-refractivity contribution in [2.75, 3.05) is 18.4 Å². The zero-order valence-corrected chi connectivity index (χ0v) is 17.5. The van der Waals surface area contributed by atoms with E-state index in [0.717, 1.165) is 0 Å². The van der Waals surface area contributed by atoms with Gasteiger partial charge in [0.1, 0.15) is 5.82 Å². The SMILES string of the molecule is NS(=O)(=O)c1ccc(NC(=O)C2CCN(Cc3ccc(Br)cc3F)CC2)cc1. The van der Waals surface area contributed by atoms with Gasteiger partial charge in [-0.05, 0) is 62.3 Å². The summed E-state index contributed by atoms with van der Waals surface area (Å²) in [5, 5.41) is 7.88. The van der Waals surface area contributed by atoms with Gasteiger partial charge in [0, 0.05) is 28.2 Å². The van der Waals surface area contributed by atoms with Crippen molar-refractivity contribution < 1.29 is 17.6 Å². The fourth-order valence-corrected chi connectivity index (χ4v) is 4.06. The van der Waals surface area contributed by atoms with Gasteiger partial charge in [-0.25, -0.2) is 17.9 Å². The van der Waals surface area contributed by atoms with Crippen LogP contribution in [0, 0.1) is 11.7 Å². The number of piperidine rings is 1. The summed E-state index contributed by atoms with van der Waals surface area (Å²) in [4.78, 5) is 14.6. The maximum absolute atomic E-state index is 14.0. The number of carbonyl (C=O) groups is 1. The predicted molar refractivity (Wildman–Crippen MR) is 109 cm³/mol. The Bertz CT molecular complexity index is 959. The number of likely N-dealkylation sites (tertiary alicyclic amines) is 1. The molecule has 9 heteroatoms. The van der Waals surface area contributed by atoms with Crippen LogP contribution in [0.25, 0.3) is 0 Å². The van der Waals surface area contributed by atoms with Gasteiger partial charge in [-0.2, -0.15) is 0 Å². The highest BCUT2D eigenvalue weighted by Crippen LogP contribution is 2.23. The maximum Gasteiger partial charge on any atom is 0.238 e. The highest BCUT2D eigenvalue weighted by atomic mass is 79.9. The second-order valence-electron chi connectivity index (χ2n) is 6.84. The van der Waals surface area contributed by atoms with Crippen LogP contribution >= 0.6 is 15.9 Å². The van der Waals surface area contributed by atoms with Crippen LogP contribution in [0.5, 0.6) is 0 Å². The van der Waals surface area contributed by atoms with Crippen molar-refractivity contribution in [1.82, 2.24) is 4.90 Å². The molecule has 0 aliphatic carbocycles. The Hall–Kier alpha value is -1.81. The van der Waals surface area contributed by atoms with Crippen molar-refractivity contribution in [3.8, 4) is 0 Å². The van der Waals surface area contributed by atoms with Crippen molar-refractivity contribution in [2.45, 2.75) is 24.3 Å². The Morgan fingerprint density at radius 1 is 1.18 bits per heavy atom. The van der Waals surface area contributed by atoms with Crippen LogP contribution in [0.1, 0.15) is 18.4 Å². The van der Waals surface area contributed by atoms with Crippen LogP contribution in [0.3, 0.4) is 0 Å². The van der Waals surface area contributed by atoms with Crippen LogP contribution in [-0.4, -0.2) is 32.3 Å². The minimum absolute atomic E-state index is 0.000943. The molecule has 0 unspecified atom stereocenters. The zero-order valence-electron chi connectivity index (χ0n) is 15.1. The Balaban J connectivity index is 1.52. The Kier molecular flexibility index (Phi) is 6.49. The minimum Gasteiger partial charge on any atom is -0.326 e. The summed E-state index contributed by atoms with van der Waals surface area (Å²) in [5.41, 5.74) is 1.16. The predicted octanol–water partition coefficient (Wildman–Crippen LogP) is 3.09. The quantitative estimate of drug-likeness (QED) is 0.703. The number of anilines is 1. The van der Waals surface area contributed by atoms with Gasteiger partial charge in [-0.3, -0.25) is 9.69 Å². The van der Waals surface area contributed by atoms with Gasteiger partial charge in [0.2, 0.25) is 15.9 Å². The number of primary sulfonamides is 1. The van der Waals surface area contributed by atoms with E-state index in [1.165, 1.54) is 30.3 Å². The first kappa shape index (κ1) is 20.9. The van der Waals surface area contributed by atoms with E-state index in [1.54, 1.807) is 6.07 Å². The molecule has 1 aliphatic heterocycles. The number of hydrogen-bond acceptors (Lipinski definition) is 4. The van der Waals surface area contributed by atoms with Gasteiger partial charge in [-0.15, -0.1) is 0 Å². The average molecular weight is 470 g/mol. The molecule has 0 spiro atoms. The summed E-state index contributed by atoms with van der Waals surface area (Å²) in [5.74, 6) is -0.473. The van der Waals surface area contributed by atoms with Crippen molar-refractivity contribution >= 4 is 37.5 Å². The molecule has 0 saturated carbocycles. The van der Waals surface area contributed by atoms with E-state index in [1.807, 2.05) is 6.07 Å². The summed E-state index contributed by atoms with van der Waals surface area (Å²) in [6, 6.07) is 10.8. The molecular formula is C19H21BrFN3O3S. The Morgan fingerprint density at radius 3 is 2.39 bits per heavy atom. The van der Waals surface area contributed by atoms with Gasteiger partial charge < -0.3 is 5.32 Å². The third kappa shape index (κ3) is 5.38. The first-order valence-electron chi connectivity index (χ1n) is 8.82. The lowest BCUT2D eigenvalue weighted by Gasteiger charge is -2.31. The molecule has 3 rings (SSSR count). The van der Waals surface area contributed by atoms with Crippen molar-refractivity contribution in [3.05, 3.63) is 58.3 Å². The highest BCUT2D eigenvalue weighted by molar-refractivity contribution is 9.10. The number of carbonyl (C=O) groups excluding carboxylic acids is 1. The van der Waals surface area contributed by atoms with Crippen LogP contribution in [-0.2, 0) is 21.4 Å². The summed E-state index contributed by atoms with van der Waals surface area (Å²) >= 11 is 3.25. The summed E-state index contributed by atoms with van der Waals surface area (Å²) < 4.78 is 37.2. The van der Waals surface area contributed by atoms with Crippen LogP contribution in [0.15, 0.2) is 51.8 Å². The summed E-state index contributed by atoms with van der Waals surface area (Å²) in [6.45, 7) is 1.93. The molecule has 28 heavy (non-hydrogen) atoms. The molecule has 150 valence electrons. The number of rotatable bonds is 5. The van der Waals surface area contributed by atoms with E-state index in [9.17, 15) is 17.6 Å². The molecule has 2 aromatic carbocycles. The molecule has 1 aliphatic rings. The molecule has 0 bridgehead atoms. The van der Waals surface area contributed by atoms with Gasteiger partial charge in [0.25, 0.3) is 0 Å². The monoisotopic (exact) mass is 469 g/mol. The molecule has 0 radical (unpaired) electrons. The zero-order chi connectivity index (χ0) is 20.3. The number of sulfonamides is 1. The van der Waals surface area contributed by atoms with Crippen molar-refractivity contribution in [1.29, 1.82) is 0 Å². The minimum atomic E-state index is -3.75. The first-order valence-corrected chi connectivity index (χ1v) is 11.2. The Labute approximate surface area is 172 Å². The van der Waals surface area contributed by atoms with Crippen molar-refractivity contribution in [2.24, 2.45) is 11.1 Å². The molecule has 1 heterocycles. The van der Waals surface area contributed by atoms with Gasteiger partial charge in [0.15, 0.2) is 0 Å². The second-order valence-corrected chi connectivity index (χ2v) is 9.32. The maximum atomic E-state index is 14.0. The highest BCUT2D eigenvalue weighted by Gasteiger charge is 2.25. The first-order chi connectivity index (χ1) is 13.2. The lowest BCUT2D eigenvalue weighted by Crippen LogP contribution is -2.37. The molecule has 0 aromatic heterocycles. The molecule has 0 atom stereocenters. The van der Waals surface area contributed by atoms with Gasteiger partial charge >= 0.3 is 0 Å². The number of amides is 1. The molecule has 1 saturated heterocycles. The molecule has 6 nitrogen and oxygen atoms in total. The lowest BCUT2D eigenvalue weighted by molar-refractivity contribution is -0.121. The number of benzene rings is 2. The average Bonchev–Trinajstić information content (AvgIpc) is 2.64. The third-order valence-electron chi connectivity index (χ3n) is 4.82. The third-order valence-corrected chi connectivity index (χ3v) is 6.24. The Morgan fingerprint density at radius 2 is 1.82 bits per heavy atom. The van der Waals surface area contributed by atoms with Crippen molar-refractivity contribution in [3.63, 3.8) is 0 Å². The number of nitrogens with zero attached hydrogens (tertiary/aromatic N) is 1.